The number of rotatable bonds is 1. The maximum Gasteiger partial charge on any atom is 0.0541 e. The minimum absolute atomic E-state index is 1.11. The summed E-state index contributed by atoms with van der Waals surface area (Å²) in [4.78, 5) is 3.38. The number of nitrogens with one attached hydrogen (secondary N) is 1. The molecule has 0 unspecified atom stereocenters. The fraction of sp³-hybridized carbons (Fsp3) is 0. The first-order valence-corrected chi connectivity index (χ1v) is 18.7. The summed E-state index contributed by atoms with van der Waals surface area (Å²) in [5, 5.41) is 10.3. The van der Waals surface area contributed by atoms with E-state index in [0.29, 0.717) is 0 Å². The van der Waals surface area contributed by atoms with Crippen molar-refractivity contribution in [2.45, 2.75) is 0 Å². The number of H-pyrrole nitrogens is 1. The molecule has 0 aliphatic rings. The molecule has 10 aromatic rings. The molecule has 0 saturated heterocycles. The summed E-state index contributed by atoms with van der Waals surface area (Å²) in [6.45, 7) is 0. The second-order valence-corrected chi connectivity index (χ2v) is 15.0. The first-order valence-electron chi connectivity index (χ1n) is 16.0. The van der Waals surface area contributed by atoms with E-state index in [1.807, 2.05) is 6.07 Å². The van der Waals surface area contributed by atoms with E-state index in [1.165, 1.54) is 74.4 Å². The molecule has 0 aliphatic heterocycles. The zero-order valence-corrected chi connectivity index (χ0v) is 31.6. The molecule has 2 aromatic heterocycles. The van der Waals surface area contributed by atoms with Crippen molar-refractivity contribution in [3.8, 4) is 5.69 Å². The van der Waals surface area contributed by atoms with Crippen molar-refractivity contribution in [2.24, 2.45) is 0 Å². The smallest absolute Gasteiger partial charge is 0.0541 e. The average molecular weight is 872 g/mol. The Morgan fingerprint density at radius 1 is 0.408 bits per heavy atom. The summed E-state index contributed by atoms with van der Waals surface area (Å²) >= 11 is 9.42. The van der Waals surface area contributed by atoms with Crippen molar-refractivity contribution in [2.75, 3.05) is 0 Å². The third-order valence-electron chi connectivity index (χ3n) is 8.81. The Hall–Kier alpha value is -4.43. The summed E-state index contributed by atoms with van der Waals surface area (Å²) in [6, 6.07) is 59.8. The fourth-order valence-corrected chi connectivity index (χ4v) is 7.76. The molecule has 8 aromatic carbocycles. The minimum Gasteiger partial charge on any atom is -0.355 e. The summed E-state index contributed by atoms with van der Waals surface area (Å²) in [7, 11) is 0. The van der Waals surface area contributed by atoms with Gasteiger partial charge in [0.15, 0.2) is 0 Å². The van der Waals surface area contributed by atoms with Gasteiger partial charge in [-0.1, -0.05) is 129 Å². The highest BCUT2D eigenvalue weighted by Crippen LogP contribution is 2.34. The Labute approximate surface area is 314 Å². The molecule has 0 amide bonds. The number of hydrogen-bond acceptors (Lipinski definition) is 0. The topological polar surface area (TPSA) is 20.7 Å². The van der Waals surface area contributed by atoms with Crippen molar-refractivity contribution in [1.82, 2.24) is 9.55 Å². The van der Waals surface area contributed by atoms with Crippen LogP contribution in [0.2, 0.25) is 0 Å². The molecule has 5 heteroatoms. The molecule has 0 radical (unpaired) electrons. The highest BCUT2D eigenvalue weighted by Gasteiger charge is 2.12. The highest BCUT2D eigenvalue weighted by atomic mass is 127. The lowest BCUT2D eigenvalue weighted by Crippen LogP contribution is -1.93. The Kier molecular flexibility index (Phi) is 8.98. The molecule has 0 bridgehead atoms. The van der Waals surface area contributed by atoms with E-state index in [0.717, 1.165) is 8.95 Å². The van der Waals surface area contributed by atoms with Crippen LogP contribution in [0, 0.1) is 3.57 Å². The second kappa shape index (κ2) is 13.8. The molecular weight excluding hydrogens is 843 g/mol. The number of aromatic amines is 1. The van der Waals surface area contributed by atoms with Gasteiger partial charge in [0.1, 0.15) is 0 Å². The quantitative estimate of drug-likeness (QED) is 0.159. The van der Waals surface area contributed by atoms with Crippen LogP contribution in [0.25, 0.3) is 70.8 Å². The van der Waals surface area contributed by atoms with Crippen LogP contribution >= 0.6 is 54.5 Å². The van der Waals surface area contributed by atoms with E-state index in [-0.39, 0.29) is 0 Å². The predicted molar refractivity (Wildman–Crippen MR) is 226 cm³/mol. The van der Waals surface area contributed by atoms with Gasteiger partial charge in [-0.25, -0.2) is 0 Å². The normalized spacial score (nSPS) is 11.2. The lowest BCUT2D eigenvalue weighted by atomic mass is 10.1. The number of benzene rings is 8. The number of nitrogens with zero attached hydrogens (tertiary/aromatic N) is 1. The number of halogens is 3. The highest BCUT2D eigenvalue weighted by molar-refractivity contribution is 14.1. The van der Waals surface area contributed by atoms with Gasteiger partial charge in [0.05, 0.1) is 11.0 Å². The zero-order valence-electron chi connectivity index (χ0n) is 26.2. The number of aromatic nitrogens is 2. The van der Waals surface area contributed by atoms with E-state index in [9.17, 15) is 0 Å². The maximum atomic E-state index is 3.61. The largest absolute Gasteiger partial charge is 0.355 e. The first kappa shape index (κ1) is 31.8. The molecule has 49 heavy (non-hydrogen) atoms. The van der Waals surface area contributed by atoms with E-state index < -0.39 is 0 Å². The second-order valence-electron chi connectivity index (χ2n) is 11.9. The van der Waals surface area contributed by atoms with Crippen LogP contribution in [0.1, 0.15) is 0 Å². The van der Waals surface area contributed by atoms with E-state index in [4.69, 9.17) is 0 Å². The molecule has 236 valence electrons. The lowest BCUT2D eigenvalue weighted by Gasteiger charge is -2.09. The zero-order chi connectivity index (χ0) is 33.3. The van der Waals surface area contributed by atoms with E-state index in [2.05, 4.69) is 228 Å². The third-order valence-corrected chi connectivity index (χ3v) is 10.5. The molecule has 0 saturated carbocycles. The van der Waals surface area contributed by atoms with Crippen LogP contribution in [0.4, 0.5) is 0 Å². The van der Waals surface area contributed by atoms with Gasteiger partial charge in [0.25, 0.3) is 0 Å². The Morgan fingerprint density at radius 2 is 0.959 bits per heavy atom. The van der Waals surface area contributed by atoms with Crippen LogP contribution in [0.15, 0.2) is 179 Å². The van der Waals surface area contributed by atoms with Crippen molar-refractivity contribution in [3.63, 3.8) is 0 Å². The predicted octanol–water partition coefficient (Wildman–Crippen LogP) is 14.2. The van der Waals surface area contributed by atoms with Crippen LogP contribution in [0.5, 0.6) is 0 Å². The van der Waals surface area contributed by atoms with Gasteiger partial charge in [0, 0.05) is 50.8 Å². The lowest BCUT2D eigenvalue weighted by molar-refractivity contribution is 1.19. The monoisotopic (exact) mass is 870 g/mol. The Bertz CT molecular complexity index is 2780. The van der Waals surface area contributed by atoms with E-state index >= 15 is 0 Å². The first-order chi connectivity index (χ1) is 24.0. The maximum absolute atomic E-state index is 3.61. The standard InChI is InChI=1S/C22H14BrN.C12H8BrN.C10H7I/c23-17-10-12-22-20(14-17)19-7-3-4-8-21(19)24(22)18-11-9-15-5-1-2-6-16(15)13-18;13-8-5-6-12-10(7-8)9-3-1-2-4-11(9)14-12;11-10-6-5-8-3-1-2-4-9(8)7-10/h1-14H;1-7,14H;1-7H. The van der Waals surface area contributed by atoms with Gasteiger partial charge in [-0.3, -0.25) is 0 Å². The molecular formula is C44H29Br2IN2. The molecule has 0 atom stereocenters. The molecule has 0 fully saturated rings. The molecule has 1 N–H and O–H groups in total. The average Bonchev–Trinajstić information content (AvgIpc) is 3.67. The molecule has 10 rings (SSSR count). The van der Waals surface area contributed by atoms with Gasteiger partial charge in [-0.05, 0) is 117 Å². The van der Waals surface area contributed by atoms with Crippen LogP contribution in [0.3, 0.4) is 0 Å². The summed E-state index contributed by atoms with van der Waals surface area (Å²) in [6.07, 6.45) is 0. The number of hydrogen-bond donors (Lipinski definition) is 1. The Balaban J connectivity index is 0.000000118. The van der Waals surface area contributed by atoms with Crippen molar-refractivity contribution < 1.29 is 0 Å². The van der Waals surface area contributed by atoms with Crippen LogP contribution < -0.4 is 0 Å². The van der Waals surface area contributed by atoms with Gasteiger partial charge < -0.3 is 9.55 Å². The molecule has 0 spiro atoms. The van der Waals surface area contributed by atoms with Gasteiger partial charge in [-0.15, -0.1) is 0 Å². The molecule has 2 nitrogen and oxygen atoms in total. The van der Waals surface area contributed by atoms with Crippen LogP contribution in [-0.2, 0) is 0 Å². The van der Waals surface area contributed by atoms with Crippen molar-refractivity contribution in [1.29, 1.82) is 0 Å². The van der Waals surface area contributed by atoms with Crippen LogP contribution in [-0.4, -0.2) is 9.55 Å². The SMILES string of the molecule is Brc1ccc2[nH]c3ccccc3c2c1.Brc1ccc2c(c1)c1ccccc1n2-c1ccc2ccccc2c1.Ic1ccc2ccccc2c1. The summed E-state index contributed by atoms with van der Waals surface area (Å²) < 4.78 is 5.87. The number of para-hydroxylation sites is 2. The Morgan fingerprint density at radius 3 is 1.73 bits per heavy atom. The van der Waals surface area contributed by atoms with E-state index in [1.54, 1.807) is 0 Å². The van der Waals surface area contributed by atoms with Crippen molar-refractivity contribution in [3.05, 3.63) is 182 Å². The molecule has 2 heterocycles. The van der Waals surface area contributed by atoms with Gasteiger partial charge in [-0.2, -0.15) is 0 Å². The summed E-state index contributed by atoms with van der Waals surface area (Å²) in [5.41, 5.74) is 6.05. The number of fused-ring (bicyclic) bond motifs is 8. The minimum atomic E-state index is 1.11. The molecule has 0 aliphatic carbocycles. The van der Waals surface area contributed by atoms with Gasteiger partial charge in [0.2, 0.25) is 0 Å². The fourth-order valence-electron chi connectivity index (χ4n) is 6.52. The van der Waals surface area contributed by atoms with Crippen molar-refractivity contribution >= 4 is 120 Å². The summed E-state index contributed by atoms with van der Waals surface area (Å²) in [5.74, 6) is 0. The third kappa shape index (κ3) is 6.51. The van der Waals surface area contributed by atoms with Gasteiger partial charge >= 0.3 is 0 Å².